The van der Waals surface area contributed by atoms with Gasteiger partial charge in [-0.15, -0.1) is 0 Å². The van der Waals surface area contributed by atoms with Gasteiger partial charge in [-0.1, -0.05) is 17.8 Å². The van der Waals surface area contributed by atoms with E-state index in [0.29, 0.717) is 5.75 Å². The number of rotatable bonds is 6. The van der Waals surface area contributed by atoms with Crippen molar-refractivity contribution in [1.29, 1.82) is 0 Å². The predicted molar refractivity (Wildman–Crippen MR) is 74.3 cm³/mol. The number of esters is 1. The quantitative estimate of drug-likeness (QED) is 0.754. The van der Waals surface area contributed by atoms with Crippen molar-refractivity contribution < 1.29 is 24.5 Å². The molecule has 0 amide bonds. The minimum absolute atomic E-state index is 0.0440. The van der Waals surface area contributed by atoms with E-state index in [9.17, 15) is 19.8 Å². The van der Waals surface area contributed by atoms with Crippen molar-refractivity contribution in [2.75, 3.05) is 12.9 Å². The second-order valence-electron chi connectivity index (χ2n) is 4.08. The molecule has 7 heteroatoms. The van der Waals surface area contributed by atoms with Crippen molar-refractivity contribution in [1.82, 2.24) is 4.98 Å². The summed E-state index contributed by atoms with van der Waals surface area (Å²) in [6.07, 6.45) is -2.02. The third kappa shape index (κ3) is 4.92. The number of aliphatic hydroxyl groups is 2. The standard InChI is InChI=1S/C13H17NO5S/c1-8(15)20-7-6-11(16)12(17)9-4-3-5-10(14-9)13(18)19-2/h3-5,11-12,16-17H,6-7H2,1-2H3. The van der Waals surface area contributed by atoms with E-state index in [1.165, 1.54) is 26.2 Å². The van der Waals surface area contributed by atoms with E-state index < -0.39 is 18.2 Å². The third-order valence-corrected chi connectivity index (χ3v) is 3.40. The number of hydrogen-bond acceptors (Lipinski definition) is 7. The monoisotopic (exact) mass is 299 g/mol. The van der Waals surface area contributed by atoms with Crippen LogP contribution in [0.25, 0.3) is 0 Å². The molecule has 1 aromatic rings. The Labute approximate surface area is 121 Å². The van der Waals surface area contributed by atoms with E-state index in [1.807, 2.05) is 0 Å². The van der Waals surface area contributed by atoms with Gasteiger partial charge in [0.25, 0.3) is 0 Å². The minimum atomic E-state index is -1.22. The number of carbonyl (C=O) groups is 2. The van der Waals surface area contributed by atoms with E-state index in [4.69, 9.17) is 0 Å². The van der Waals surface area contributed by atoms with Crippen molar-refractivity contribution >= 4 is 22.8 Å². The fourth-order valence-corrected chi connectivity index (χ4v) is 2.16. The molecular weight excluding hydrogens is 282 g/mol. The van der Waals surface area contributed by atoms with Crippen LogP contribution in [0.4, 0.5) is 0 Å². The zero-order valence-electron chi connectivity index (χ0n) is 11.3. The van der Waals surface area contributed by atoms with E-state index >= 15 is 0 Å². The second-order valence-corrected chi connectivity index (χ2v) is 5.35. The van der Waals surface area contributed by atoms with E-state index in [0.717, 1.165) is 11.8 Å². The fourth-order valence-electron chi connectivity index (χ4n) is 1.51. The molecule has 0 saturated carbocycles. The van der Waals surface area contributed by atoms with Gasteiger partial charge in [-0.3, -0.25) is 4.79 Å². The van der Waals surface area contributed by atoms with Gasteiger partial charge in [0.15, 0.2) is 5.12 Å². The zero-order valence-corrected chi connectivity index (χ0v) is 12.1. The van der Waals surface area contributed by atoms with Gasteiger partial charge >= 0.3 is 5.97 Å². The van der Waals surface area contributed by atoms with Crippen LogP contribution in [-0.4, -0.2) is 45.2 Å². The Morgan fingerprint density at radius 2 is 2.10 bits per heavy atom. The summed E-state index contributed by atoms with van der Waals surface area (Å²) in [7, 11) is 1.24. The Kier molecular flexibility index (Phi) is 6.63. The van der Waals surface area contributed by atoms with Gasteiger partial charge in [-0.25, -0.2) is 9.78 Å². The van der Waals surface area contributed by atoms with Gasteiger partial charge < -0.3 is 14.9 Å². The molecule has 0 aliphatic carbocycles. The zero-order chi connectivity index (χ0) is 15.1. The average Bonchev–Trinajstić information content (AvgIpc) is 2.45. The summed E-state index contributed by atoms with van der Waals surface area (Å²) >= 11 is 1.08. The molecular formula is C13H17NO5S. The summed E-state index contributed by atoms with van der Waals surface area (Å²) in [4.78, 5) is 26.1. The molecule has 0 fully saturated rings. The Bertz CT molecular complexity index is 480. The van der Waals surface area contributed by atoms with Crippen LogP contribution >= 0.6 is 11.8 Å². The van der Waals surface area contributed by atoms with Crippen LogP contribution in [0.1, 0.15) is 35.6 Å². The lowest BCUT2D eigenvalue weighted by Gasteiger charge is -2.17. The summed E-state index contributed by atoms with van der Waals surface area (Å²) in [6, 6.07) is 4.52. The van der Waals surface area contributed by atoms with Crippen molar-refractivity contribution in [3.63, 3.8) is 0 Å². The molecule has 0 aliphatic rings. The largest absolute Gasteiger partial charge is 0.464 e. The summed E-state index contributed by atoms with van der Waals surface area (Å²) in [6.45, 7) is 1.44. The highest BCUT2D eigenvalue weighted by molar-refractivity contribution is 8.13. The smallest absolute Gasteiger partial charge is 0.356 e. The molecule has 110 valence electrons. The molecule has 0 saturated heterocycles. The van der Waals surface area contributed by atoms with Crippen LogP contribution in [0, 0.1) is 0 Å². The maximum absolute atomic E-state index is 11.3. The van der Waals surface area contributed by atoms with Gasteiger partial charge in [0.05, 0.1) is 18.9 Å². The molecule has 1 aromatic heterocycles. The first-order valence-electron chi connectivity index (χ1n) is 6.00. The van der Waals surface area contributed by atoms with Crippen LogP contribution in [-0.2, 0) is 9.53 Å². The van der Waals surface area contributed by atoms with Crippen LogP contribution < -0.4 is 0 Å². The average molecular weight is 299 g/mol. The van der Waals surface area contributed by atoms with Crippen LogP contribution in [0.2, 0.25) is 0 Å². The second kappa shape index (κ2) is 7.98. The highest BCUT2D eigenvalue weighted by Crippen LogP contribution is 2.19. The number of aromatic nitrogens is 1. The number of carbonyl (C=O) groups excluding carboxylic acids is 2. The summed E-state index contributed by atoms with van der Waals surface area (Å²) in [5.41, 5.74) is 0.252. The maximum atomic E-state index is 11.3. The first kappa shape index (κ1) is 16.6. The number of nitrogens with zero attached hydrogens (tertiary/aromatic N) is 1. The molecule has 0 bridgehead atoms. The Hall–Kier alpha value is -1.44. The topological polar surface area (TPSA) is 96.7 Å². The number of pyridine rings is 1. The molecule has 2 N–H and O–H groups in total. The van der Waals surface area contributed by atoms with E-state index in [-0.39, 0.29) is 22.9 Å². The minimum Gasteiger partial charge on any atom is -0.464 e. The van der Waals surface area contributed by atoms with Gasteiger partial charge in [0.2, 0.25) is 0 Å². The molecule has 1 heterocycles. The molecule has 0 aliphatic heterocycles. The van der Waals surface area contributed by atoms with Crippen molar-refractivity contribution in [3.8, 4) is 0 Å². The number of aliphatic hydroxyl groups excluding tert-OH is 2. The van der Waals surface area contributed by atoms with Gasteiger partial charge in [0.1, 0.15) is 11.8 Å². The van der Waals surface area contributed by atoms with E-state index in [2.05, 4.69) is 9.72 Å². The van der Waals surface area contributed by atoms with Crippen molar-refractivity contribution in [2.45, 2.75) is 25.6 Å². The number of ether oxygens (including phenoxy) is 1. The van der Waals surface area contributed by atoms with Crippen LogP contribution in [0.3, 0.4) is 0 Å². The lowest BCUT2D eigenvalue weighted by molar-refractivity contribution is -0.109. The summed E-state index contributed by atoms with van der Waals surface area (Å²) in [5.74, 6) is -0.203. The highest BCUT2D eigenvalue weighted by Gasteiger charge is 2.21. The number of thioether (sulfide) groups is 1. The molecule has 0 aromatic carbocycles. The molecule has 0 radical (unpaired) electrons. The summed E-state index contributed by atoms with van der Waals surface area (Å²) in [5, 5.41) is 19.8. The van der Waals surface area contributed by atoms with Crippen molar-refractivity contribution in [2.24, 2.45) is 0 Å². The molecule has 0 spiro atoms. The lowest BCUT2D eigenvalue weighted by atomic mass is 10.1. The number of hydrogen-bond donors (Lipinski definition) is 2. The molecule has 6 nitrogen and oxygen atoms in total. The fraction of sp³-hybridized carbons (Fsp3) is 0.462. The third-order valence-electron chi connectivity index (χ3n) is 2.55. The normalized spacial score (nSPS) is 13.6. The molecule has 2 unspecified atom stereocenters. The van der Waals surface area contributed by atoms with Crippen LogP contribution in [0.5, 0.6) is 0 Å². The Balaban J connectivity index is 2.68. The van der Waals surface area contributed by atoms with Gasteiger partial charge in [-0.2, -0.15) is 0 Å². The number of methoxy groups -OCH3 is 1. The molecule has 2 atom stereocenters. The Morgan fingerprint density at radius 1 is 1.40 bits per heavy atom. The van der Waals surface area contributed by atoms with Gasteiger partial charge in [-0.05, 0) is 18.6 Å². The first-order valence-corrected chi connectivity index (χ1v) is 6.99. The van der Waals surface area contributed by atoms with E-state index in [1.54, 1.807) is 6.07 Å². The molecule has 1 rings (SSSR count). The van der Waals surface area contributed by atoms with Crippen LogP contribution in [0.15, 0.2) is 18.2 Å². The van der Waals surface area contributed by atoms with Crippen molar-refractivity contribution in [3.05, 3.63) is 29.6 Å². The maximum Gasteiger partial charge on any atom is 0.356 e. The SMILES string of the molecule is COC(=O)c1cccc(C(O)C(O)CCSC(C)=O)n1. The Morgan fingerprint density at radius 3 is 2.70 bits per heavy atom. The first-order chi connectivity index (χ1) is 9.45. The molecule has 20 heavy (non-hydrogen) atoms. The predicted octanol–water partition coefficient (Wildman–Crippen LogP) is 0.932. The highest BCUT2D eigenvalue weighted by atomic mass is 32.2. The summed E-state index contributed by atoms with van der Waals surface area (Å²) < 4.78 is 4.54. The lowest BCUT2D eigenvalue weighted by Crippen LogP contribution is -2.21. The van der Waals surface area contributed by atoms with Gasteiger partial charge in [0, 0.05) is 12.7 Å².